The number of amides is 3. The molecule has 32 heavy (non-hydrogen) atoms. The molecule has 3 amide bonds. The number of carbonyl (C=O) groups excluding carboxylic acids is 3. The van der Waals surface area contributed by atoms with E-state index in [2.05, 4.69) is 10.6 Å². The molecule has 8 nitrogen and oxygen atoms in total. The molecule has 0 saturated carbocycles. The van der Waals surface area contributed by atoms with Crippen LogP contribution in [0.3, 0.4) is 0 Å². The number of ether oxygens (including phenoxy) is 1. The van der Waals surface area contributed by atoms with E-state index in [1.54, 1.807) is 38.1 Å². The molecule has 0 aliphatic rings. The number of alkyl carbamates (subject to hydrolysis) is 1. The number of benzene rings is 2. The average molecular weight is 460 g/mol. The van der Waals surface area contributed by atoms with Crippen LogP contribution in [0.5, 0.6) is 0 Å². The highest BCUT2D eigenvalue weighted by Gasteiger charge is 2.28. The van der Waals surface area contributed by atoms with E-state index in [0.717, 1.165) is 5.56 Å². The fourth-order valence-electron chi connectivity index (χ4n) is 2.89. The number of primary amides is 1. The fraction of sp³-hybridized carbons (Fsp3) is 0.348. The number of nitrogens with two attached hydrogens (primary N) is 1. The van der Waals surface area contributed by atoms with E-state index < -0.39 is 40.8 Å². The number of nitrogens with one attached hydrogen (secondary N) is 2. The molecule has 2 aromatic carbocycles. The van der Waals surface area contributed by atoms with Gasteiger partial charge in [0.05, 0.1) is 10.8 Å². The van der Waals surface area contributed by atoms with E-state index in [1.165, 1.54) is 0 Å². The molecule has 3 atom stereocenters. The quantitative estimate of drug-likeness (QED) is 0.474. The maximum Gasteiger partial charge on any atom is 0.408 e. The SMILES string of the molecule is CC(C)[C@H](NC(=O)OCc1ccccc1)C(=O)N[C@@H](CC[S@@](=O)c1ccccc1)C(N)=O. The molecule has 0 heterocycles. The molecule has 4 N–H and O–H groups in total. The Labute approximate surface area is 190 Å². The van der Waals surface area contributed by atoms with Gasteiger partial charge in [0.2, 0.25) is 11.8 Å². The van der Waals surface area contributed by atoms with E-state index in [-0.39, 0.29) is 24.7 Å². The van der Waals surface area contributed by atoms with E-state index >= 15 is 0 Å². The predicted octanol–water partition coefficient (Wildman–Crippen LogP) is 2.11. The molecule has 0 saturated heterocycles. The van der Waals surface area contributed by atoms with Gasteiger partial charge in [-0.25, -0.2) is 4.79 Å². The third kappa shape index (κ3) is 8.14. The Hall–Kier alpha value is -3.20. The lowest BCUT2D eigenvalue weighted by atomic mass is 10.0. The van der Waals surface area contributed by atoms with Gasteiger partial charge in [0.1, 0.15) is 18.7 Å². The topological polar surface area (TPSA) is 128 Å². The number of carbonyl (C=O) groups is 3. The van der Waals surface area contributed by atoms with Gasteiger partial charge in [-0.15, -0.1) is 0 Å². The van der Waals surface area contributed by atoms with Crippen molar-refractivity contribution in [3.8, 4) is 0 Å². The zero-order valence-corrected chi connectivity index (χ0v) is 19.0. The Kier molecular flexibility index (Phi) is 9.87. The van der Waals surface area contributed by atoms with E-state index in [0.29, 0.717) is 4.90 Å². The summed E-state index contributed by atoms with van der Waals surface area (Å²) in [4.78, 5) is 37.4. The van der Waals surface area contributed by atoms with Gasteiger partial charge in [-0.3, -0.25) is 13.8 Å². The molecule has 2 rings (SSSR count). The molecular weight excluding hydrogens is 430 g/mol. The summed E-state index contributed by atoms with van der Waals surface area (Å²) in [6, 6.07) is 16.0. The second kappa shape index (κ2) is 12.6. The summed E-state index contributed by atoms with van der Waals surface area (Å²) in [6.07, 6.45) is -0.644. The number of hydrogen-bond acceptors (Lipinski definition) is 5. The minimum atomic E-state index is -1.33. The highest BCUT2D eigenvalue weighted by Crippen LogP contribution is 2.09. The highest BCUT2D eigenvalue weighted by molar-refractivity contribution is 7.85. The Morgan fingerprint density at radius 3 is 2.12 bits per heavy atom. The minimum Gasteiger partial charge on any atom is -0.445 e. The molecule has 0 bridgehead atoms. The molecule has 0 aromatic heterocycles. The van der Waals surface area contributed by atoms with Gasteiger partial charge in [-0.05, 0) is 30.0 Å². The van der Waals surface area contributed by atoms with Crippen molar-refractivity contribution in [2.75, 3.05) is 5.75 Å². The van der Waals surface area contributed by atoms with Crippen LogP contribution in [0.25, 0.3) is 0 Å². The lowest BCUT2D eigenvalue weighted by Crippen LogP contribution is -2.55. The van der Waals surface area contributed by atoms with Crippen LogP contribution in [0.15, 0.2) is 65.6 Å². The summed E-state index contributed by atoms with van der Waals surface area (Å²) in [6.45, 7) is 3.57. The first-order chi connectivity index (χ1) is 15.3. The molecule has 0 aliphatic carbocycles. The first-order valence-electron chi connectivity index (χ1n) is 10.3. The zero-order valence-electron chi connectivity index (χ0n) is 18.2. The summed E-state index contributed by atoms with van der Waals surface area (Å²) >= 11 is 0. The van der Waals surface area contributed by atoms with Crippen molar-refractivity contribution in [2.24, 2.45) is 11.7 Å². The Morgan fingerprint density at radius 2 is 1.56 bits per heavy atom. The van der Waals surface area contributed by atoms with Gasteiger partial charge in [0.15, 0.2) is 0 Å². The van der Waals surface area contributed by atoms with Gasteiger partial charge < -0.3 is 21.1 Å². The smallest absolute Gasteiger partial charge is 0.408 e. The molecule has 0 spiro atoms. The van der Waals surface area contributed by atoms with Crippen molar-refractivity contribution in [1.29, 1.82) is 0 Å². The lowest BCUT2D eigenvalue weighted by Gasteiger charge is -2.24. The van der Waals surface area contributed by atoms with Crippen LogP contribution >= 0.6 is 0 Å². The third-order valence-corrected chi connectivity index (χ3v) is 6.10. The van der Waals surface area contributed by atoms with Gasteiger partial charge >= 0.3 is 6.09 Å². The van der Waals surface area contributed by atoms with Crippen LogP contribution in [0.4, 0.5) is 4.79 Å². The highest BCUT2D eigenvalue weighted by atomic mass is 32.2. The van der Waals surface area contributed by atoms with Crippen molar-refractivity contribution < 1.29 is 23.3 Å². The first kappa shape index (κ1) is 25.1. The summed E-state index contributed by atoms with van der Waals surface area (Å²) in [5.41, 5.74) is 6.25. The molecule has 172 valence electrons. The maximum atomic E-state index is 12.8. The Balaban J connectivity index is 1.92. The fourth-order valence-corrected chi connectivity index (χ4v) is 4.03. The van der Waals surface area contributed by atoms with E-state index in [4.69, 9.17) is 10.5 Å². The standard InChI is InChI=1S/C23H29N3O5S/c1-16(2)20(26-23(29)31-15-17-9-5-3-6-10-17)22(28)25-19(21(24)27)13-14-32(30)18-11-7-4-8-12-18/h3-12,16,19-20H,13-15H2,1-2H3,(H2,24,27)(H,25,28)(H,26,29)/t19-,20-,32+/m0/s1. The number of rotatable bonds is 11. The number of hydrogen-bond donors (Lipinski definition) is 3. The van der Waals surface area contributed by atoms with Crippen molar-refractivity contribution in [2.45, 2.75) is 43.9 Å². The van der Waals surface area contributed by atoms with Gasteiger partial charge in [-0.1, -0.05) is 62.4 Å². The minimum absolute atomic E-state index is 0.0638. The van der Waals surface area contributed by atoms with Crippen LogP contribution in [0.2, 0.25) is 0 Å². The molecule has 0 fully saturated rings. The molecular formula is C23H29N3O5S. The summed E-state index contributed by atoms with van der Waals surface area (Å²) in [5, 5.41) is 5.10. The lowest BCUT2D eigenvalue weighted by molar-refractivity contribution is -0.129. The van der Waals surface area contributed by atoms with Crippen molar-refractivity contribution in [3.63, 3.8) is 0 Å². The van der Waals surface area contributed by atoms with Crippen molar-refractivity contribution in [1.82, 2.24) is 10.6 Å². The van der Waals surface area contributed by atoms with Crippen LogP contribution in [0, 0.1) is 5.92 Å². The molecule has 9 heteroatoms. The normalized spacial score (nSPS) is 13.6. The summed E-state index contributed by atoms with van der Waals surface area (Å²) < 4.78 is 17.6. The summed E-state index contributed by atoms with van der Waals surface area (Å²) in [7, 11) is -1.33. The Morgan fingerprint density at radius 1 is 0.969 bits per heavy atom. The van der Waals surface area contributed by atoms with Crippen LogP contribution in [-0.2, 0) is 31.7 Å². The van der Waals surface area contributed by atoms with E-state index in [1.807, 2.05) is 36.4 Å². The first-order valence-corrected chi connectivity index (χ1v) is 11.6. The van der Waals surface area contributed by atoms with Crippen molar-refractivity contribution >= 4 is 28.7 Å². The summed E-state index contributed by atoms with van der Waals surface area (Å²) in [5.74, 6) is -1.42. The second-order valence-corrected chi connectivity index (χ2v) is 9.11. The van der Waals surface area contributed by atoms with Gasteiger partial charge in [0, 0.05) is 10.6 Å². The van der Waals surface area contributed by atoms with Gasteiger partial charge in [0.25, 0.3) is 0 Å². The largest absolute Gasteiger partial charge is 0.445 e. The molecule has 0 unspecified atom stereocenters. The third-order valence-electron chi connectivity index (χ3n) is 4.69. The van der Waals surface area contributed by atoms with E-state index in [9.17, 15) is 18.6 Å². The van der Waals surface area contributed by atoms with Gasteiger partial charge in [-0.2, -0.15) is 0 Å². The van der Waals surface area contributed by atoms with Crippen molar-refractivity contribution in [3.05, 3.63) is 66.2 Å². The maximum absolute atomic E-state index is 12.8. The Bertz CT molecular complexity index is 922. The molecule has 2 aromatic rings. The average Bonchev–Trinajstić information content (AvgIpc) is 2.79. The molecule has 0 aliphatic heterocycles. The molecule has 0 radical (unpaired) electrons. The van der Waals surface area contributed by atoms with Crippen LogP contribution < -0.4 is 16.4 Å². The predicted molar refractivity (Wildman–Crippen MR) is 122 cm³/mol. The van der Waals surface area contributed by atoms with Crippen LogP contribution in [-0.4, -0.2) is 40.0 Å². The second-order valence-electron chi connectivity index (χ2n) is 7.54. The van der Waals surface area contributed by atoms with Crippen LogP contribution in [0.1, 0.15) is 25.8 Å². The monoisotopic (exact) mass is 459 g/mol. The zero-order chi connectivity index (χ0) is 23.5.